The lowest BCUT2D eigenvalue weighted by molar-refractivity contribution is 0.568. The second-order valence-corrected chi connectivity index (χ2v) is 5.74. The van der Waals surface area contributed by atoms with Crippen molar-refractivity contribution in [2.24, 2.45) is 0 Å². The van der Waals surface area contributed by atoms with Crippen LogP contribution in [0, 0.1) is 37.1 Å². The van der Waals surface area contributed by atoms with Crippen molar-refractivity contribution in [3.05, 3.63) is 82.9 Å². The summed E-state index contributed by atoms with van der Waals surface area (Å²) in [7, 11) is 0. The van der Waals surface area contributed by atoms with Crippen LogP contribution in [0.4, 0.5) is 17.6 Å². The monoisotopic (exact) mass is 360 g/mol. The smallest absolute Gasteiger partial charge is 0.131 e. The molecule has 0 spiro atoms. The van der Waals surface area contributed by atoms with Crippen LogP contribution in [-0.4, -0.2) is 0 Å². The zero-order valence-electron chi connectivity index (χ0n) is 15.1. The molecular formula is C22H20F4. The SMILES string of the molecule is CC.Cc1ccc(-c2ccc(-c3cc(F)c(C)c(F)c3)c(F)c2)c(F)c1. The van der Waals surface area contributed by atoms with Gasteiger partial charge in [0.15, 0.2) is 0 Å². The van der Waals surface area contributed by atoms with Gasteiger partial charge in [0.1, 0.15) is 23.3 Å². The highest BCUT2D eigenvalue weighted by molar-refractivity contribution is 5.71. The van der Waals surface area contributed by atoms with Crippen LogP contribution < -0.4 is 0 Å². The predicted molar refractivity (Wildman–Crippen MR) is 98.0 cm³/mol. The van der Waals surface area contributed by atoms with Crippen LogP contribution in [0.1, 0.15) is 25.0 Å². The van der Waals surface area contributed by atoms with Crippen LogP contribution in [-0.2, 0) is 0 Å². The summed E-state index contributed by atoms with van der Waals surface area (Å²) in [5, 5.41) is 0. The van der Waals surface area contributed by atoms with Gasteiger partial charge in [-0.15, -0.1) is 0 Å². The summed E-state index contributed by atoms with van der Waals surface area (Å²) in [5.74, 6) is -2.60. The third-order valence-corrected chi connectivity index (χ3v) is 4.00. The Bertz CT molecular complexity index is 906. The van der Waals surface area contributed by atoms with Gasteiger partial charge in [0, 0.05) is 16.7 Å². The maximum Gasteiger partial charge on any atom is 0.131 e. The molecule has 0 nitrogen and oxygen atoms in total. The van der Waals surface area contributed by atoms with E-state index in [4.69, 9.17) is 0 Å². The molecule has 0 aliphatic carbocycles. The standard InChI is InChI=1S/C20H14F4.C2H6/c1-11-3-5-15(19(23)7-11)13-4-6-16(20(24)8-13)14-9-17(21)12(2)18(22)10-14;1-2/h3-10H,1-2H3;1-2H3. The van der Waals surface area contributed by atoms with Crippen LogP contribution in [0.3, 0.4) is 0 Å². The normalized spacial score (nSPS) is 10.3. The van der Waals surface area contributed by atoms with Crippen molar-refractivity contribution in [1.29, 1.82) is 0 Å². The highest BCUT2D eigenvalue weighted by atomic mass is 19.1. The van der Waals surface area contributed by atoms with E-state index in [1.807, 2.05) is 13.8 Å². The van der Waals surface area contributed by atoms with E-state index in [1.165, 1.54) is 31.2 Å². The van der Waals surface area contributed by atoms with E-state index in [0.717, 1.165) is 17.7 Å². The van der Waals surface area contributed by atoms with Crippen LogP contribution in [0.15, 0.2) is 48.5 Å². The number of rotatable bonds is 2. The van der Waals surface area contributed by atoms with Crippen molar-refractivity contribution in [3.8, 4) is 22.3 Å². The molecule has 0 fully saturated rings. The Morgan fingerprint density at radius 1 is 0.538 bits per heavy atom. The van der Waals surface area contributed by atoms with Crippen LogP contribution in [0.25, 0.3) is 22.3 Å². The molecule has 0 aromatic heterocycles. The van der Waals surface area contributed by atoms with Gasteiger partial charge in [0.2, 0.25) is 0 Å². The Labute approximate surface area is 151 Å². The molecule has 0 unspecified atom stereocenters. The first kappa shape index (κ1) is 19.7. The number of hydrogen-bond acceptors (Lipinski definition) is 0. The van der Waals surface area contributed by atoms with Crippen LogP contribution in [0.5, 0.6) is 0 Å². The largest absolute Gasteiger partial charge is 0.207 e. The maximum atomic E-state index is 14.4. The van der Waals surface area contributed by atoms with E-state index in [0.29, 0.717) is 5.56 Å². The minimum atomic E-state index is -0.738. The fraction of sp³-hybridized carbons (Fsp3) is 0.182. The Morgan fingerprint density at radius 3 is 1.54 bits per heavy atom. The summed E-state index contributed by atoms with van der Waals surface area (Å²) < 4.78 is 55.8. The molecule has 0 heterocycles. The molecular weight excluding hydrogens is 340 g/mol. The molecule has 4 heteroatoms. The van der Waals surface area contributed by atoms with Crippen molar-refractivity contribution in [2.45, 2.75) is 27.7 Å². The van der Waals surface area contributed by atoms with Crippen LogP contribution >= 0.6 is 0 Å². The zero-order chi connectivity index (χ0) is 19.4. The molecule has 136 valence electrons. The third-order valence-electron chi connectivity index (χ3n) is 4.00. The molecule has 0 amide bonds. The zero-order valence-corrected chi connectivity index (χ0v) is 15.1. The lowest BCUT2D eigenvalue weighted by atomic mass is 9.98. The van der Waals surface area contributed by atoms with Gasteiger partial charge in [-0.25, -0.2) is 17.6 Å². The third kappa shape index (κ3) is 3.96. The number of halogens is 4. The van der Waals surface area contributed by atoms with Gasteiger partial charge in [-0.05, 0) is 54.8 Å². The summed E-state index contributed by atoms with van der Waals surface area (Å²) in [6.45, 7) is 7.07. The summed E-state index contributed by atoms with van der Waals surface area (Å²) >= 11 is 0. The lowest BCUT2D eigenvalue weighted by Crippen LogP contribution is -1.93. The average Bonchev–Trinajstić information content (AvgIpc) is 2.61. The molecule has 0 aliphatic rings. The fourth-order valence-electron chi connectivity index (χ4n) is 2.57. The van der Waals surface area contributed by atoms with Gasteiger partial charge >= 0.3 is 0 Å². The highest BCUT2D eigenvalue weighted by Crippen LogP contribution is 2.31. The quantitative estimate of drug-likeness (QED) is 0.423. The van der Waals surface area contributed by atoms with Crippen molar-refractivity contribution in [2.75, 3.05) is 0 Å². The average molecular weight is 360 g/mol. The van der Waals surface area contributed by atoms with Crippen molar-refractivity contribution >= 4 is 0 Å². The Kier molecular flexibility index (Phi) is 6.19. The molecule has 0 bridgehead atoms. The summed E-state index contributed by atoms with van der Waals surface area (Å²) in [5.41, 5.74) is 1.44. The van der Waals surface area contributed by atoms with Gasteiger partial charge in [0.25, 0.3) is 0 Å². The summed E-state index contributed by atoms with van der Waals surface area (Å²) in [6.07, 6.45) is 0. The van der Waals surface area contributed by atoms with Gasteiger partial charge < -0.3 is 0 Å². The number of aryl methyl sites for hydroxylation is 1. The van der Waals surface area contributed by atoms with E-state index in [9.17, 15) is 17.6 Å². The minimum Gasteiger partial charge on any atom is -0.207 e. The molecule has 0 N–H and O–H groups in total. The molecule has 0 radical (unpaired) electrons. The van der Waals surface area contributed by atoms with E-state index >= 15 is 0 Å². The summed E-state index contributed by atoms with van der Waals surface area (Å²) in [4.78, 5) is 0. The molecule has 0 atom stereocenters. The summed E-state index contributed by atoms with van der Waals surface area (Å²) in [6, 6.07) is 10.9. The second-order valence-electron chi connectivity index (χ2n) is 5.74. The molecule has 3 aromatic carbocycles. The Balaban J connectivity index is 0.00000117. The molecule has 0 saturated heterocycles. The van der Waals surface area contributed by atoms with Gasteiger partial charge in [0.05, 0.1) is 0 Å². The van der Waals surface area contributed by atoms with Gasteiger partial charge in [-0.2, -0.15) is 0 Å². The number of hydrogen-bond donors (Lipinski definition) is 0. The van der Waals surface area contributed by atoms with Gasteiger partial charge in [-0.3, -0.25) is 0 Å². The molecule has 0 aliphatic heterocycles. The van der Waals surface area contributed by atoms with Crippen molar-refractivity contribution in [1.82, 2.24) is 0 Å². The van der Waals surface area contributed by atoms with E-state index < -0.39 is 23.3 Å². The topological polar surface area (TPSA) is 0 Å². The predicted octanol–water partition coefficient (Wildman–Crippen LogP) is 7.22. The van der Waals surface area contributed by atoms with Crippen LogP contribution in [0.2, 0.25) is 0 Å². The fourth-order valence-corrected chi connectivity index (χ4v) is 2.57. The first-order valence-corrected chi connectivity index (χ1v) is 8.39. The Hall–Kier alpha value is -2.62. The first-order valence-electron chi connectivity index (χ1n) is 8.39. The molecule has 3 rings (SSSR count). The highest BCUT2D eigenvalue weighted by Gasteiger charge is 2.13. The van der Waals surface area contributed by atoms with E-state index in [2.05, 4.69) is 0 Å². The second kappa shape index (κ2) is 8.17. The Morgan fingerprint density at radius 2 is 1.00 bits per heavy atom. The molecule has 26 heavy (non-hydrogen) atoms. The maximum absolute atomic E-state index is 14.4. The van der Waals surface area contributed by atoms with Gasteiger partial charge in [-0.1, -0.05) is 38.1 Å². The van der Waals surface area contributed by atoms with Crippen molar-refractivity contribution in [3.63, 3.8) is 0 Å². The molecule has 0 saturated carbocycles. The van der Waals surface area contributed by atoms with E-state index in [1.54, 1.807) is 19.1 Å². The molecule has 3 aromatic rings. The number of benzene rings is 3. The minimum absolute atomic E-state index is 0.0593. The van der Waals surface area contributed by atoms with Crippen molar-refractivity contribution < 1.29 is 17.6 Å². The lowest BCUT2D eigenvalue weighted by Gasteiger charge is -2.09. The van der Waals surface area contributed by atoms with E-state index in [-0.39, 0.29) is 22.3 Å². The first-order chi connectivity index (χ1) is 12.4.